The number of hydrogen-bond donors (Lipinski definition) is 1. The number of benzene rings is 4. The molecule has 0 saturated heterocycles. The van der Waals surface area contributed by atoms with Crippen molar-refractivity contribution < 1.29 is 59.7 Å². The molecule has 0 aromatic heterocycles. The first-order valence-corrected chi connectivity index (χ1v) is 14.2. The van der Waals surface area contributed by atoms with Crippen LogP contribution in [0, 0.1) is 10.1 Å². The molecule has 0 fully saturated rings. The maximum Gasteiger partial charge on any atom is 0.573 e. The van der Waals surface area contributed by atoms with Crippen molar-refractivity contribution in [3.05, 3.63) is 123 Å². The van der Waals surface area contributed by atoms with Gasteiger partial charge in [-0.05, 0) is 53.4 Å². The summed E-state index contributed by atoms with van der Waals surface area (Å²) in [5.41, 5.74) is -1.21. The fourth-order valence-corrected chi connectivity index (χ4v) is 5.18. The van der Waals surface area contributed by atoms with Gasteiger partial charge in [-0.3, -0.25) is 10.1 Å². The lowest BCUT2D eigenvalue weighted by atomic mass is 9.70. The highest BCUT2D eigenvalue weighted by molar-refractivity contribution is 5.68. The van der Waals surface area contributed by atoms with E-state index in [0.29, 0.717) is 5.56 Å². The molecule has 4 aromatic carbocycles. The lowest BCUT2D eigenvalue weighted by Crippen LogP contribution is -2.43. The van der Waals surface area contributed by atoms with Crippen LogP contribution in [0.5, 0.6) is 23.0 Å². The monoisotopic (exact) mass is 694 g/mol. The largest absolute Gasteiger partial charge is 0.573 e. The average Bonchev–Trinajstić information content (AvgIpc) is 3.04. The standard InChI is InChI=1S/C33H28F6N2O8/c1-45-28-14-22(27(41(43)44)17-29(28)46-2)19-47-30(42)40-20-31(18-21-8-4-3-5-9-21,23-10-6-12-25(15-23)48-32(34,35)36)24-11-7-13-26(16-24)49-33(37,38)39/h3-17H,18-20H2,1-2H3,(H,40,42). The highest BCUT2D eigenvalue weighted by Gasteiger charge is 2.39. The number of nitro groups is 1. The smallest absolute Gasteiger partial charge is 0.493 e. The van der Waals surface area contributed by atoms with Crippen LogP contribution >= 0.6 is 0 Å². The molecular weight excluding hydrogens is 666 g/mol. The molecule has 0 aliphatic heterocycles. The molecule has 0 heterocycles. The predicted molar refractivity (Wildman–Crippen MR) is 162 cm³/mol. The van der Waals surface area contributed by atoms with Crippen LogP contribution < -0.4 is 24.3 Å². The van der Waals surface area contributed by atoms with Crippen LogP contribution in [0.4, 0.5) is 36.8 Å². The predicted octanol–water partition coefficient (Wildman–Crippen LogP) is 7.86. The number of carbonyl (C=O) groups is 1. The molecule has 0 aliphatic rings. The number of ether oxygens (including phenoxy) is 5. The molecule has 0 spiro atoms. The minimum Gasteiger partial charge on any atom is -0.493 e. The topological polar surface area (TPSA) is 118 Å². The summed E-state index contributed by atoms with van der Waals surface area (Å²) < 4.78 is 103. The van der Waals surface area contributed by atoms with E-state index in [9.17, 15) is 41.3 Å². The van der Waals surface area contributed by atoms with Gasteiger partial charge >= 0.3 is 18.8 Å². The van der Waals surface area contributed by atoms with Crippen LogP contribution in [0.2, 0.25) is 0 Å². The summed E-state index contributed by atoms with van der Waals surface area (Å²) in [6, 6.07) is 20.4. The van der Waals surface area contributed by atoms with Gasteiger partial charge in [-0.25, -0.2) is 4.79 Å². The van der Waals surface area contributed by atoms with Gasteiger partial charge in [0.2, 0.25) is 0 Å². The molecule has 0 unspecified atom stereocenters. The van der Waals surface area contributed by atoms with Crippen LogP contribution in [-0.4, -0.2) is 44.5 Å². The van der Waals surface area contributed by atoms with Gasteiger partial charge in [0, 0.05) is 12.0 Å². The van der Waals surface area contributed by atoms with Gasteiger partial charge in [-0.2, -0.15) is 0 Å². The van der Waals surface area contributed by atoms with Crippen molar-refractivity contribution in [2.75, 3.05) is 20.8 Å². The van der Waals surface area contributed by atoms with Crippen LogP contribution in [0.25, 0.3) is 0 Å². The molecule has 4 aromatic rings. The first-order chi connectivity index (χ1) is 23.1. The van der Waals surface area contributed by atoms with Gasteiger partial charge < -0.3 is 29.0 Å². The zero-order chi connectivity index (χ0) is 35.8. The number of amides is 1. The van der Waals surface area contributed by atoms with E-state index in [-0.39, 0.29) is 34.6 Å². The molecule has 260 valence electrons. The summed E-state index contributed by atoms with van der Waals surface area (Å²) in [6.07, 6.45) is -11.3. The van der Waals surface area contributed by atoms with Crippen molar-refractivity contribution in [1.29, 1.82) is 0 Å². The third-order valence-corrected chi connectivity index (χ3v) is 7.26. The molecule has 4 rings (SSSR count). The van der Waals surface area contributed by atoms with E-state index in [2.05, 4.69) is 14.8 Å². The number of methoxy groups -OCH3 is 2. The van der Waals surface area contributed by atoms with Gasteiger partial charge in [0.25, 0.3) is 5.69 Å². The molecule has 0 saturated carbocycles. The molecule has 10 nitrogen and oxygen atoms in total. The number of carbonyl (C=O) groups excluding carboxylic acids is 1. The maximum absolute atomic E-state index is 13.2. The number of rotatable bonds is 13. The maximum atomic E-state index is 13.2. The second-order valence-corrected chi connectivity index (χ2v) is 10.4. The summed E-state index contributed by atoms with van der Waals surface area (Å²) in [6.45, 7) is -1.06. The Morgan fingerprint density at radius 2 is 1.29 bits per heavy atom. The van der Waals surface area contributed by atoms with Crippen molar-refractivity contribution in [2.45, 2.75) is 31.2 Å². The van der Waals surface area contributed by atoms with Crippen molar-refractivity contribution in [3.63, 3.8) is 0 Å². The minimum atomic E-state index is -5.06. The Hall–Kier alpha value is -5.67. The van der Waals surface area contributed by atoms with Gasteiger partial charge in [-0.15, -0.1) is 26.3 Å². The molecule has 49 heavy (non-hydrogen) atoms. The number of alkyl halides is 6. The minimum absolute atomic E-state index is 0.0534. The van der Waals surface area contributed by atoms with E-state index in [1.54, 1.807) is 30.3 Å². The Bertz CT molecular complexity index is 1710. The summed E-state index contributed by atoms with van der Waals surface area (Å²) in [4.78, 5) is 24.1. The summed E-state index contributed by atoms with van der Waals surface area (Å²) in [5, 5.41) is 14.2. The fourth-order valence-electron chi connectivity index (χ4n) is 5.18. The number of nitro benzene ring substituents is 1. The molecule has 1 N–H and O–H groups in total. The lowest BCUT2D eigenvalue weighted by molar-refractivity contribution is -0.385. The van der Waals surface area contributed by atoms with Gasteiger partial charge in [-0.1, -0.05) is 54.6 Å². The van der Waals surface area contributed by atoms with Crippen LogP contribution in [0.15, 0.2) is 91.0 Å². The molecule has 0 aliphatic carbocycles. The summed E-state index contributed by atoms with van der Waals surface area (Å²) in [5.74, 6) is -1.06. The van der Waals surface area contributed by atoms with Crippen molar-refractivity contribution in [3.8, 4) is 23.0 Å². The number of nitrogens with one attached hydrogen (secondary N) is 1. The van der Waals surface area contributed by atoms with Crippen LogP contribution in [-0.2, 0) is 23.2 Å². The molecule has 0 bridgehead atoms. The van der Waals surface area contributed by atoms with Gasteiger partial charge in [0.05, 0.1) is 30.8 Å². The Balaban J connectivity index is 1.77. The van der Waals surface area contributed by atoms with Crippen LogP contribution in [0.1, 0.15) is 22.3 Å². The Morgan fingerprint density at radius 1 is 0.755 bits per heavy atom. The fraction of sp³-hybridized carbons (Fsp3) is 0.242. The molecule has 1 amide bonds. The van der Waals surface area contributed by atoms with E-state index < -0.39 is 59.5 Å². The number of halogens is 6. The number of alkyl carbamates (subject to hydrolysis) is 1. The third kappa shape index (κ3) is 9.68. The van der Waals surface area contributed by atoms with Crippen LogP contribution in [0.3, 0.4) is 0 Å². The molecule has 0 atom stereocenters. The van der Waals surface area contributed by atoms with E-state index in [4.69, 9.17) is 14.2 Å². The van der Waals surface area contributed by atoms with Crippen molar-refractivity contribution >= 4 is 11.8 Å². The highest BCUT2D eigenvalue weighted by Crippen LogP contribution is 2.40. The normalized spacial score (nSPS) is 11.8. The molecular formula is C33H28F6N2O8. The van der Waals surface area contributed by atoms with Gasteiger partial charge in [0.1, 0.15) is 18.1 Å². The zero-order valence-electron chi connectivity index (χ0n) is 25.8. The number of nitrogens with zero attached hydrogens (tertiary/aromatic N) is 1. The highest BCUT2D eigenvalue weighted by atomic mass is 19.4. The Kier molecular flexibility index (Phi) is 11.1. The second kappa shape index (κ2) is 15.0. The Labute approximate surface area is 275 Å². The quantitative estimate of drug-likeness (QED) is 0.0854. The first kappa shape index (κ1) is 36.2. The SMILES string of the molecule is COc1cc(COC(=O)NCC(Cc2ccccc2)(c2cccc(OC(F)(F)F)c2)c2cccc(OC(F)(F)F)c2)c([N+](=O)[O-])cc1OC. The zero-order valence-corrected chi connectivity index (χ0v) is 25.8. The molecule has 0 radical (unpaired) electrons. The first-order valence-electron chi connectivity index (χ1n) is 14.2. The molecule has 16 heteroatoms. The van der Waals surface area contributed by atoms with E-state index in [1.165, 1.54) is 44.6 Å². The van der Waals surface area contributed by atoms with E-state index in [1.807, 2.05) is 0 Å². The van der Waals surface area contributed by atoms with E-state index in [0.717, 1.165) is 30.3 Å². The third-order valence-electron chi connectivity index (χ3n) is 7.26. The van der Waals surface area contributed by atoms with Crippen molar-refractivity contribution in [2.24, 2.45) is 0 Å². The average molecular weight is 695 g/mol. The Morgan fingerprint density at radius 3 is 1.78 bits per heavy atom. The number of hydrogen-bond acceptors (Lipinski definition) is 8. The van der Waals surface area contributed by atoms with E-state index >= 15 is 0 Å². The lowest BCUT2D eigenvalue weighted by Gasteiger charge is -2.36. The van der Waals surface area contributed by atoms with Gasteiger partial charge in [0.15, 0.2) is 11.5 Å². The summed E-state index contributed by atoms with van der Waals surface area (Å²) >= 11 is 0. The van der Waals surface area contributed by atoms with Crippen molar-refractivity contribution in [1.82, 2.24) is 5.32 Å². The second-order valence-electron chi connectivity index (χ2n) is 10.4. The summed E-state index contributed by atoms with van der Waals surface area (Å²) in [7, 11) is 2.58.